The molecule has 36 heavy (non-hydrogen) atoms. The van der Waals surface area contributed by atoms with Crippen molar-refractivity contribution in [2.75, 3.05) is 5.32 Å². The van der Waals surface area contributed by atoms with Gasteiger partial charge in [0, 0.05) is 9.90 Å². The minimum absolute atomic E-state index is 0.0349. The molecule has 2 heterocycles. The molecule has 0 saturated carbocycles. The first-order chi connectivity index (χ1) is 17.2. The van der Waals surface area contributed by atoms with Gasteiger partial charge in [-0.25, -0.2) is 4.79 Å². The minimum Gasteiger partial charge on any atom is -0.423 e. The fourth-order valence-corrected chi connectivity index (χ4v) is 6.80. The molecular weight excluding hydrogens is 515 g/mol. The van der Waals surface area contributed by atoms with E-state index in [4.69, 9.17) is 27.9 Å². The lowest BCUT2D eigenvalue weighted by atomic mass is 9.69. The van der Waals surface area contributed by atoms with E-state index in [1.54, 1.807) is 29.5 Å². The zero-order chi connectivity index (χ0) is 25.6. The Hall–Kier alpha value is -2.54. The first-order valence-corrected chi connectivity index (χ1v) is 13.7. The number of benzene rings is 2. The van der Waals surface area contributed by atoms with Gasteiger partial charge in [0.05, 0.1) is 16.1 Å². The Kier molecular flexibility index (Phi) is 6.79. The van der Waals surface area contributed by atoms with Gasteiger partial charge in [-0.15, -0.1) is 11.3 Å². The molecule has 0 radical (unpaired) electrons. The van der Waals surface area contributed by atoms with Crippen LogP contribution in [0.4, 0.5) is 5.00 Å². The van der Waals surface area contributed by atoms with Crippen LogP contribution >= 0.6 is 34.5 Å². The average Bonchev–Trinajstić information content (AvgIpc) is 3.22. The molecule has 1 aromatic heterocycles. The lowest BCUT2D eigenvalue weighted by Gasteiger charge is -2.36. The minimum atomic E-state index is -0.563. The summed E-state index contributed by atoms with van der Waals surface area (Å²) in [7, 11) is 0. The molecule has 0 spiro atoms. The van der Waals surface area contributed by atoms with Crippen LogP contribution in [0.25, 0.3) is 0 Å². The molecule has 0 fully saturated rings. The molecule has 2 atom stereocenters. The highest BCUT2D eigenvalue weighted by atomic mass is 35.5. The standard InChI is InChI=1S/C28H28Cl2N2O3S/c1-4-28(2,3)16-7-11-20-22(13-16)36-26-23(20)25(33)31-24(32-26)15-5-9-18(10-6-15)35-27(34)19-12-8-17(29)14-21(19)30/h5-6,8-10,12,14,16,24,32H,4,7,11,13H2,1-3H3,(H,31,33)/t16-,24-/m0/s1. The molecule has 1 aliphatic heterocycles. The molecule has 0 saturated heterocycles. The summed E-state index contributed by atoms with van der Waals surface area (Å²) in [5.74, 6) is 0.417. The summed E-state index contributed by atoms with van der Waals surface area (Å²) >= 11 is 13.7. The molecule has 2 aliphatic rings. The molecule has 5 rings (SSSR count). The van der Waals surface area contributed by atoms with E-state index < -0.39 is 5.97 Å². The Morgan fingerprint density at radius 2 is 1.89 bits per heavy atom. The van der Waals surface area contributed by atoms with Crippen molar-refractivity contribution < 1.29 is 14.3 Å². The topological polar surface area (TPSA) is 67.4 Å². The lowest BCUT2D eigenvalue weighted by molar-refractivity contribution is 0.0734. The Labute approximate surface area is 225 Å². The molecule has 8 heteroatoms. The molecule has 3 aromatic rings. The molecular formula is C28H28Cl2N2O3S. The number of esters is 1. The molecule has 188 valence electrons. The van der Waals surface area contributed by atoms with E-state index in [9.17, 15) is 9.59 Å². The van der Waals surface area contributed by atoms with Crippen molar-refractivity contribution in [3.05, 3.63) is 79.6 Å². The highest BCUT2D eigenvalue weighted by molar-refractivity contribution is 7.16. The number of thiophene rings is 1. The zero-order valence-electron chi connectivity index (χ0n) is 20.4. The second kappa shape index (κ2) is 9.73. The summed E-state index contributed by atoms with van der Waals surface area (Å²) in [6.45, 7) is 6.96. The van der Waals surface area contributed by atoms with Crippen LogP contribution in [-0.4, -0.2) is 11.9 Å². The number of anilines is 1. The van der Waals surface area contributed by atoms with E-state index in [0.29, 0.717) is 22.1 Å². The third-order valence-electron chi connectivity index (χ3n) is 7.63. The highest BCUT2D eigenvalue weighted by Gasteiger charge is 2.37. The Morgan fingerprint density at radius 1 is 1.14 bits per heavy atom. The summed E-state index contributed by atoms with van der Waals surface area (Å²) < 4.78 is 5.47. The summed E-state index contributed by atoms with van der Waals surface area (Å²) in [4.78, 5) is 27.0. The van der Waals surface area contributed by atoms with Gasteiger partial charge in [-0.2, -0.15) is 0 Å². The SMILES string of the molecule is CCC(C)(C)[C@H]1CCc2c(sc3c2C(=O)N[C@H](c2ccc(OC(=O)c4ccc(Cl)cc4Cl)cc2)N3)C1. The molecule has 5 nitrogen and oxygen atoms in total. The fraction of sp³-hybridized carbons (Fsp3) is 0.357. The number of amides is 1. The average molecular weight is 544 g/mol. The number of ether oxygens (including phenoxy) is 1. The van der Waals surface area contributed by atoms with E-state index in [0.717, 1.165) is 41.8 Å². The van der Waals surface area contributed by atoms with Crippen molar-refractivity contribution in [3.8, 4) is 5.75 Å². The molecule has 0 unspecified atom stereocenters. The molecule has 1 amide bonds. The lowest BCUT2D eigenvalue weighted by Crippen LogP contribution is -2.38. The molecule has 2 N–H and O–H groups in total. The Balaban J connectivity index is 1.30. The second-order valence-corrected chi connectivity index (χ2v) is 12.1. The molecule has 0 bridgehead atoms. The quantitative estimate of drug-likeness (QED) is 0.256. The largest absolute Gasteiger partial charge is 0.423 e. The van der Waals surface area contributed by atoms with Gasteiger partial charge in [0.15, 0.2) is 0 Å². The predicted molar refractivity (Wildman–Crippen MR) is 146 cm³/mol. The van der Waals surface area contributed by atoms with Crippen molar-refractivity contribution in [2.24, 2.45) is 11.3 Å². The van der Waals surface area contributed by atoms with Gasteiger partial charge in [-0.1, -0.05) is 62.5 Å². The van der Waals surface area contributed by atoms with Crippen LogP contribution in [0.3, 0.4) is 0 Å². The van der Waals surface area contributed by atoms with Crippen LogP contribution in [-0.2, 0) is 12.8 Å². The van der Waals surface area contributed by atoms with Crippen molar-refractivity contribution in [2.45, 2.75) is 52.6 Å². The number of carbonyl (C=O) groups is 2. The molecule has 2 aromatic carbocycles. The third kappa shape index (κ3) is 4.74. The smallest absolute Gasteiger partial charge is 0.345 e. The van der Waals surface area contributed by atoms with E-state index in [-0.39, 0.29) is 22.7 Å². The summed E-state index contributed by atoms with van der Waals surface area (Å²) in [5.41, 5.74) is 3.43. The normalized spacial score (nSPS) is 19.1. The number of rotatable bonds is 5. The zero-order valence-corrected chi connectivity index (χ0v) is 22.7. The fourth-order valence-electron chi connectivity index (χ4n) is 4.97. The Morgan fingerprint density at radius 3 is 2.58 bits per heavy atom. The number of hydrogen-bond acceptors (Lipinski definition) is 5. The monoisotopic (exact) mass is 542 g/mol. The van der Waals surface area contributed by atoms with E-state index in [1.165, 1.54) is 22.6 Å². The van der Waals surface area contributed by atoms with Gasteiger partial charge >= 0.3 is 5.97 Å². The van der Waals surface area contributed by atoms with Crippen molar-refractivity contribution in [1.29, 1.82) is 0 Å². The first kappa shape index (κ1) is 25.1. The van der Waals surface area contributed by atoms with Gasteiger partial charge in [0.25, 0.3) is 5.91 Å². The number of fused-ring (bicyclic) bond motifs is 3. The van der Waals surface area contributed by atoms with Gasteiger partial charge in [-0.05, 0) is 72.1 Å². The van der Waals surface area contributed by atoms with Crippen LogP contribution in [0, 0.1) is 11.3 Å². The van der Waals surface area contributed by atoms with E-state index in [1.807, 2.05) is 12.1 Å². The van der Waals surface area contributed by atoms with E-state index in [2.05, 4.69) is 31.4 Å². The van der Waals surface area contributed by atoms with Crippen LogP contribution < -0.4 is 15.4 Å². The van der Waals surface area contributed by atoms with Gasteiger partial charge in [0.1, 0.15) is 16.9 Å². The predicted octanol–water partition coefficient (Wildman–Crippen LogP) is 7.67. The van der Waals surface area contributed by atoms with Crippen molar-refractivity contribution in [1.82, 2.24) is 5.32 Å². The highest BCUT2D eigenvalue weighted by Crippen LogP contribution is 2.47. The number of halogens is 2. The summed E-state index contributed by atoms with van der Waals surface area (Å²) in [6.07, 6.45) is 3.90. The van der Waals surface area contributed by atoms with Gasteiger partial charge in [-0.3, -0.25) is 4.79 Å². The van der Waals surface area contributed by atoms with E-state index >= 15 is 0 Å². The maximum Gasteiger partial charge on any atom is 0.345 e. The van der Waals surface area contributed by atoms with Crippen LogP contribution in [0.15, 0.2) is 42.5 Å². The van der Waals surface area contributed by atoms with Gasteiger partial charge < -0.3 is 15.4 Å². The van der Waals surface area contributed by atoms with Gasteiger partial charge in [0.2, 0.25) is 0 Å². The maximum absolute atomic E-state index is 13.1. The third-order valence-corrected chi connectivity index (χ3v) is 9.37. The van der Waals surface area contributed by atoms with Crippen molar-refractivity contribution in [3.63, 3.8) is 0 Å². The van der Waals surface area contributed by atoms with Crippen molar-refractivity contribution >= 4 is 51.4 Å². The number of carbonyl (C=O) groups excluding carboxylic acids is 2. The van der Waals surface area contributed by atoms with Crippen LogP contribution in [0.5, 0.6) is 5.75 Å². The molecule has 1 aliphatic carbocycles. The summed E-state index contributed by atoms with van der Waals surface area (Å²) in [6, 6.07) is 11.7. The Bertz CT molecular complexity index is 1330. The van der Waals surface area contributed by atoms with Crippen LogP contribution in [0.2, 0.25) is 10.0 Å². The second-order valence-electron chi connectivity index (χ2n) is 10.1. The maximum atomic E-state index is 13.1. The number of nitrogens with one attached hydrogen (secondary N) is 2. The first-order valence-electron chi connectivity index (χ1n) is 12.2. The van der Waals surface area contributed by atoms with Crippen LogP contribution in [0.1, 0.15) is 76.5 Å². The summed E-state index contributed by atoms with van der Waals surface area (Å²) in [5, 5.41) is 8.23. The number of hydrogen-bond donors (Lipinski definition) is 2.